The van der Waals surface area contributed by atoms with Gasteiger partial charge in [-0.1, -0.05) is 58.8 Å². The maximum absolute atomic E-state index is 2.32. The lowest BCUT2D eigenvalue weighted by Crippen LogP contribution is -2.25. The Morgan fingerprint density at radius 1 is 0.895 bits per heavy atom. The highest BCUT2D eigenvalue weighted by Gasteiger charge is 2.07. The second-order valence-corrected chi connectivity index (χ2v) is 5.91. The highest BCUT2D eigenvalue weighted by atomic mass is 14.9. The van der Waals surface area contributed by atoms with Crippen molar-refractivity contribution in [2.45, 2.75) is 71.6 Å². The Balaban J connectivity index is 2.18. The van der Waals surface area contributed by atoms with Crippen LogP contribution >= 0.6 is 0 Å². The number of hydrogen-bond donors (Lipinski definition) is 0. The monoisotopic (exact) mass is 262 g/mol. The minimum atomic E-state index is 0.985. The van der Waals surface area contributed by atoms with Crippen LogP contribution in [0.5, 0.6) is 0 Å². The molecule has 0 aliphatic rings. The summed E-state index contributed by atoms with van der Waals surface area (Å²) < 4.78 is 2.10. The van der Waals surface area contributed by atoms with Crippen LogP contribution in [0.4, 0.5) is 0 Å². The van der Waals surface area contributed by atoms with E-state index in [2.05, 4.69) is 50.0 Å². The molecule has 1 atom stereocenters. The molecule has 1 nitrogen and oxygen atoms in total. The number of aromatic nitrogens is 1. The molecule has 1 heteroatoms. The van der Waals surface area contributed by atoms with Gasteiger partial charge in [-0.3, -0.25) is 0 Å². The zero-order chi connectivity index (χ0) is 13.9. The van der Waals surface area contributed by atoms with Crippen molar-refractivity contribution in [3.05, 3.63) is 30.1 Å². The fourth-order valence-corrected chi connectivity index (χ4v) is 2.79. The number of unbranched alkanes of at least 4 members (excludes halogenated alkanes) is 2. The van der Waals surface area contributed by atoms with Crippen LogP contribution in [0.15, 0.2) is 24.5 Å². The fraction of sp³-hybridized carbons (Fsp3) is 0.722. The molecule has 0 bridgehead atoms. The van der Waals surface area contributed by atoms with Gasteiger partial charge in [0.2, 0.25) is 0 Å². The molecular formula is C18H32N+. The Kier molecular flexibility index (Phi) is 8.53. The van der Waals surface area contributed by atoms with Crippen LogP contribution < -0.4 is 4.57 Å². The number of hydrogen-bond acceptors (Lipinski definition) is 0. The van der Waals surface area contributed by atoms with Crippen molar-refractivity contribution in [1.82, 2.24) is 0 Å². The summed E-state index contributed by atoms with van der Waals surface area (Å²) in [4.78, 5) is 0. The van der Waals surface area contributed by atoms with Gasteiger partial charge in [0, 0.05) is 12.1 Å². The third-order valence-electron chi connectivity index (χ3n) is 4.04. The summed E-state index contributed by atoms with van der Waals surface area (Å²) in [7, 11) is 2.08. The van der Waals surface area contributed by atoms with Gasteiger partial charge in [-0.25, -0.2) is 4.57 Å². The van der Waals surface area contributed by atoms with E-state index in [0.29, 0.717) is 0 Å². The van der Waals surface area contributed by atoms with E-state index in [1.807, 2.05) is 0 Å². The second kappa shape index (κ2) is 10.00. The first-order valence-corrected chi connectivity index (χ1v) is 8.20. The summed E-state index contributed by atoms with van der Waals surface area (Å²) in [5.41, 5.74) is 1.48. The molecule has 0 saturated heterocycles. The van der Waals surface area contributed by atoms with Gasteiger partial charge in [0.25, 0.3) is 0 Å². The van der Waals surface area contributed by atoms with Gasteiger partial charge in [0.15, 0.2) is 12.4 Å². The number of aryl methyl sites for hydroxylation is 2. The third kappa shape index (κ3) is 7.34. The average molecular weight is 262 g/mol. The zero-order valence-corrected chi connectivity index (χ0v) is 13.2. The number of rotatable bonds is 10. The highest BCUT2D eigenvalue weighted by molar-refractivity contribution is 5.06. The summed E-state index contributed by atoms with van der Waals surface area (Å²) in [6.45, 7) is 4.63. The molecule has 0 amide bonds. The molecule has 0 N–H and O–H groups in total. The van der Waals surface area contributed by atoms with Gasteiger partial charge >= 0.3 is 0 Å². The molecule has 1 unspecified atom stereocenters. The van der Waals surface area contributed by atoms with E-state index >= 15 is 0 Å². The third-order valence-corrected chi connectivity index (χ3v) is 4.04. The first-order valence-electron chi connectivity index (χ1n) is 8.20. The first kappa shape index (κ1) is 16.2. The van der Waals surface area contributed by atoms with Crippen molar-refractivity contribution in [3.63, 3.8) is 0 Å². The van der Waals surface area contributed by atoms with E-state index in [-0.39, 0.29) is 0 Å². The van der Waals surface area contributed by atoms with E-state index < -0.39 is 0 Å². The lowest BCUT2D eigenvalue weighted by molar-refractivity contribution is -0.671. The van der Waals surface area contributed by atoms with Crippen LogP contribution in [0.25, 0.3) is 0 Å². The topological polar surface area (TPSA) is 3.88 Å². The molecular weight excluding hydrogens is 230 g/mol. The average Bonchev–Trinajstić information content (AvgIpc) is 2.42. The molecule has 0 aliphatic heterocycles. The second-order valence-electron chi connectivity index (χ2n) is 5.91. The molecule has 1 aromatic heterocycles. The predicted octanol–water partition coefficient (Wildman–Crippen LogP) is 4.83. The first-order chi connectivity index (χ1) is 9.26. The van der Waals surface area contributed by atoms with Crippen LogP contribution in [0.3, 0.4) is 0 Å². The molecule has 1 aromatic rings. The van der Waals surface area contributed by atoms with E-state index in [0.717, 1.165) is 5.92 Å². The summed E-state index contributed by atoms with van der Waals surface area (Å²) in [5.74, 6) is 0.985. The number of nitrogens with zero attached hydrogens (tertiary/aromatic N) is 1. The molecule has 1 heterocycles. The Hall–Kier alpha value is -0.850. The summed E-state index contributed by atoms with van der Waals surface area (Å²) >= 11 is 0. The maximum atomic E-state index is 2.32. The van der Waals surface area contributed by atoms with Crippen LogP contribution in [0, 0.1) is 5.92 Å². The van der Waals surface area contributed by atoms with Crippen molar-refractivity contribution in [2.75, 3.05) is 0 Å². The van der Waals surface area contributed by atoms with E-state index in [4.69, 9.17) is 0 Å². The van der Waals surface area contributed by atoms with E-state index in [1.54, 1.807) is 0 Å². The Labute approximate surface area is 120 Å². The molecule has 0 radical (unpaired) electrons. The van der Waals surface area contributed by atoms with Crippen LogP contribution in [-0.4, -0.2) is 0 Å². The molecule has 0 spiro atoms. The summed E-state index contributed by atoms with van der Waals surface area (Å²) in [6, 6.07) is 4.50. The minimum Gasteiger partial charge on any atom is -0.208 e. The molecule has 108 valence electrons. The minimum absolute atomic E-state index is 0.985. The molecule has 0 aromatic carbocycles. The van der Waals surface area contributed by atoms with Crippen LogP contribution in [0.1, 0.15) is 70.8 Å². The Morgan fingerprint density at radius 3 is 2.21 bits per heavy atom. The standard InChI is InChI=1S/C18H32N/c1-4-6-10-17(9-5-2)11-7-8-12-18-13-15-19(3)16-14-18/h13-17H,4-12H2,1-3H3/q+1. The smallest absolute Gasteiger partial charge is 0.168 e. The van der Waals surface area contributed by atoms with Crippen molar-refractivity contribution in [1.29, 1.82) is 0 Å². The van der Waals surface area contributed by atoms with E-state index in [9.17, 15) is 0 Å². The largest absolute Gasteiger partial charge is 0.208 e. The van der Waals surface area contributed by atoms with Gasteiger partial charge in [0.1, 0.15) is 7.05 Å². The summed E-state index contributed by atoms with van der Waals surface area (Å²) in [5, 5.41) is 0. The van der Waals surface area contributed by atoms with Crippen molar-refractivity contribution >= 4 is 0 Å². The lowest BCUT2D eigenvalue weighted by atomic mass is 9.91. The molecule has 0 saturated carbocycles. The highest BCUT2D eigenvalue weighted by Crippen LogP contribution is 2.21. The van der Waals surface area contributed by atoms with Crippen LogP contribution in [-0.2, 0) is 13.5 Å². The zero-order valence-electron chi connectivity index (χ0n) is 13.2. The van der Waals surface area contributed by atoms with Gasteiger partial charge in [-0.2, -0.15) is 0 Å². The molecule has 1 rings (SSSR count). The fourth-order valence-electron chi connectivity index (χ4n) is 2.79. The van der Waals surface area contributed by atoms with Crippen molar-refractivity contribution in [2.24, 2.45) is 13.0 Å². The Bertz CT molecular complexity index is 315. The molecule has 0 fully saturated rings. The van der Waals surface area contributed by atoms with Crippen molar-refractivity contribution < 1.29 is 4.57 Å². The van der Waals surface area contributed by atoms with Gasteiger partial charge in [-0.15, -0.1) is 0 Å². The lowest BCUT2D eigenvalue weighted by Gasteiger charge is -2.15. The van der Waals surface area contributed by atoms with Gasteiger partial charge in [-0.05, 0) is 24.3 Å². The van der Waals surface area contributed by atoms with E-state index in [1.165, 1.54) is 63.4 Å². The normalized spacial score (nSPS) is 12.6. The molecule has 0 aliphatic carbocycles. The Morgan fingerprint density at radius 2 is 1.58 bits per heavy atom. The summed E-state index contributed by atoms with van der Waals surface area (Å²) in [6.07, 6.45) is 16.7. The van der Waals surface area contributed by atoms with Gasteiger partial charge in [0.05, 0.1) is 0 Å². The SMILES string of the molecule is CCCCC(CCC)CCCCc1cc[n+](C)cc1. The maximum Gasteiger partial charge on any atom is 0.168 e. The quantitative estimate of drug-likeness (QED) is 0.420. The number of pyridine rings is 1. The van der Waals surface area contributed by atoms with Gasteiger partial charge < -0.3 is 0 Å². The molecule has 19 heavy (non-hydrogen) atoms. The van der Waals surface area contributed by atoms with Crippen molar-refractivity contribution in [3.8, 4) is 0 Å². The van der Waals surface area contributed by atoms with Crippen LogP contribution in [0.2, 0.25) is 0 Å². The predicted molar refractivity (Wildman–Crippen MR) is 83.1 cm³/mol.